The van der Waals surface area contributed by atoms with Crippen LogP contribution in [0.3, 0.4) is 0 Å². The molecular formula is C22H30F3N3O2. The number of alkyl halides is 3. The summed E-state index contributed by atoms with van der Waals surface area (Å²) in [6.45, 7) is 4.56. The number of halogens is 3. The predicted octanol–water partition coefficient (Wildman–Crippen LogP) is 3.56. The topological polar surface area (TPSA) is 54.5 Å². The van der Waals surface area contributed by atoms with E-state index in [0.717, 1.165) is 57.6 Å². The number of pyridine rings is 1. The Morgan fingerprint density at radius 2 is 2.00 bits per heavy atom. The molecule has 8 heteroatoms. The monoisotopic (exact) mass is 425 g/mol. The quantitative estimate of drug-likeness (QED) is 0.805. The third-order valence-corrected chi connectivity index (χ3v) is 6.85. The molecule has 3 aliphatic rings. The number of carbonyl (C=O) groups excluding carboxylic acids is 1. The molecule has 2 unspecified atom stereocenters. The van der Waals surface area contributed by atoms with Gasteiger partial charge in [-0.25, -0.2) is 0 Å². The molecule has 1 aliphatic carbocycles. The van der Waals surface area contributed by atoms with E-state index in [1.807, 2.05) is 0 Å². The van der Waals surface area contributed by atoms with Crippen LogP contribution in [0.5, 0.6) is 0 Å². The number of aromatic nitrogens is 1. The van der Waals surface area contributed by atoms with Crippen LogP contribution >= 0.6 is 0 Å². The Bertz CT molecular complexity index is 762. The van der Waals surface area contributed by atoms with E-state index in [2.05, 4.69) is 17.2 Å². The number of hydrogen-bond donors (Lipinski definition) is 1. The van der Waals surface area contributed by atoms with Crippen molar-refractivity contribution in [3.63, 3.8) is 0 Å². The molecule has 0 spiro atoms. The number of ether oxygens (including phenoxy) is 1. The highest BCUT2D eigenvalue weighted by Gasteiger charge is 2.35. The first kappa shape index (κ1) is 21.6. The van der Waals surface area contributed by atoms with E-state index in [1.165, 1.54) is 0 Å². The summed E-state index contributed by atoms with van der Waals surface area (Å²) in [5, 5.41) is 3.76. The van der Waals surface area contributed by atoms with Gasteiger partial charge in [0.1, 0.15) is 0 Å². The molecule has 0 bridgehead atoms. The van der Waals surface area contributed by atoms with Crippen molar-refractivity contribution in [1.29, 1.82) is 0 Å². The van der Waals surface area contributed by atoms with Crippen molar-refractivity contribution >= 4 is 5.91 Å². The Labute approximate surface area is 175 Å². The predicted molar refractivity (Wildman–Crippen MR) is 106 cm³/mol. The zero-order chi connectivity index (χ0) is 21.3. The summed E-state index contributed by atoms with van der Waals surface area (Å²) in [6, 6.07) is 2.06. The van der Waals surface area contributed by atoms with Crippen molar-refractivity contribution in [2.24, 2.45) is 11.8 Å². The smallest absolute Gasteiger partial charge is 0.381 e. The standard InChI is InChI=1S/C22H30F3N3O2/c1-14-13-30-9-7-19(14)27-18-4-2-15(3-5-18)21(29)28-8-6-20-16(12-28)10-17(11-26-20)22(23,24)25/h10-11,14-15,18-19,27H,2-9,12-13H2,1H3. The Kier molecular flexibility index (Phi) is 6.34. The fourth-order valence-corrected chi connectivity index (χ4v) is 4.97. The van der Waals surface area contributed by atoms with Gasteiger partial charge in [-0.3, -0.25) is 9.78 Å². The highest BCUT2D eigenvalue weighted by Crippen LogP contribution is 2.32. The minimum absolute atomic E-state index is 0.0320. The fraction of sp³-hybridized carbons (Fsp3) is 0.727. The molecule has 166 valence electrons. The van der Waals surface area contributed by atoms with Crippen LogP contribution in [-0.4, -0.2) is 47.6 Å². The zero-order valence-corrected chi connectivity index (χ0v) is 17.4. The normalized spacial score (nSPS) is 30.1. The van der Waals surface area contributed by atoms with Gasteiger partial charge in [0.25, 0.3) is 0 Å². The second kappa shape index (κ2) is 8.83. The van der Waals surface area contributed by atoms with Gasteiger partial charge >= 0.3 is 6.18 Å². The Morgan fingerprint density at radius 3 is 2.70 bits per heavy atom. The maximum atomic E-state index is 13.0. The van der Waals surface area contributed by atoms with Crippen LogP contribution in [0, 0.1) is 11.8 Å². The van der Waals surface area contributed by atoms with Gasteiger partial charge < -0.3 is 15.0 Å². The van der Waals surface area contributed by atoms with Crippen LogP contribution in [0.15, 0.2) is 12.3 Å². The van der Waals surface area contributed by atoms with Crippen LogP contribution in [0.4, 0.5) is 13.2 Å². The van der Waals surface area contributed by atoms with Crippen molar-refractivity contribution in [2.45, 2.75) is 70.3 Å². The Morgan fingerprint density at radius 1 is 1.23 bits per heavy atom. The van der Waals surface area contributed by atoms with E-state index in [9.17, 15) is 18.0 Å². The van der Waals surface area contributed by atoms with Crippen LogP contribution in [0.1, 0.15) is 55.8 Å². The number of nitrogens with zero attached hydrogens (tertiary/aromatic N) is 2. The van der Waals surface area contributed by atoms with E-state index in [-0.39, 0.29) is 18.4 Å². The van der Waals surface area contributed by atoms with Gasteiger partial charge in [0.05, 0.1) is 12.2 Å². The maximum absolute atomic E-state index is 13.0. The van der Waals surface area contributed by atoms with Crippen LogP contribution < -0.4 is 5.32 Å². The lowest BCUT2D eigenvalue weighted by molar-refractivity contribution is -0.138. The molecule has 1 saturated heterocycles. The average Bonchev–Trinajstić information content (AvgIpc) is 2.74. The Hall–Kier alpha value is -1.67. The number of nitrogens with one attached hydrogen (secondary N) is 1. The summed E-state index contributed by atoms with van der Waals surface area (Å²) >= 11 is 0. The summed E-state index contributed by atoms with van der Waals surface area (Å²) in [6.07, 6.45) is 1.61. The molecule has 3 heterocycles. The van der Waals surface area contributed by atoms with Crippen molar-refractivity contribution in [3.05, 3.63) is 29.1 Å². The van der Waals surface area contributed by atoms with E-state index in [0.29, 0.717) is 42.2 Å². The van der Waals surface area contributed by atoms with Gasteiger partial charge in [0.2, 0.25) is 5.91 Å². The summed E-state index contributed by atoms with van der Waals surface area (Å²) in [5.41, 5.74) is 0.447. The molecular weight excluding hydrogens is 395 g/mol. The minimum Gasteiger partial charge on any atom is -0.381 e. The van der Waals surface area contributed by atoms with Crippen molar-refractivity contribution in [2.75, 3.05) is 19.8 Å². The van der Waals surface area contributed by atoms with Gasteiger partial charge in [-0.05, 0) is 49.7 Å². The number of amides is 1. The molecule has 0 radical (unpaired) electrons. The first-order chi connectivity index (χ1) is 14.3. The van der Waals surface area contributed by atoms with E-state index >= 15 is 0 Å². The zero-order valence-electron chi connectivity index (χ0n) is 17.4. The molecule has 2 atom stereocenters. The number of rotatable bonds is 3. The van der Waals surface area contributed by atoms with Crippen LogP contribution in [-0.2, 0) is 28.7 Å². The second-order valence-electron chi connectivity index (χ2n) is 9.00. The molecule has 1 amide bonds. The largest absolute Gasteiger partial charge is 0.417 e. The average molecular weight is 425 g/mol. The van der Waals surface area contributed by atoms with Gasteiger partial charge in [-0.2, -0.15) is 13.2 Å². The molecule has 5 nitrogen and oxygen atoms in total. The highest BCUT2D eigenvalue weighted by molar-refractivity contribution is 5.79. The number of fused-ring (bicyclic) bond motifs is 1. The summed E-state index contributed by atoms with van der Waals surface area (Å²) in [4.78, 5) is 18.8. The van der Waals surface area contributed by atoms with Crippen LogP contribution in [0.25, 0.3) is 0 Å². The van der Waals surface area contributed by atoms with Gasteiger partial charge in [-0.15, -0.1) is 0 Å². The summed E-state index contributed by atoms with van der Waals surface area (Å²) < 4.78 is 44.5. The van der Waals surface area contributed by atoms with Gasteiger partial charge in [0, 0.05) is 56.0 Å². The third kappa shape index (κ3) is 4.80. The SMILES string of the molecule is CC1COCCC1NC1CCC(C(=O)N2CCc3ncc(C(F)(F)F)cc3C2)CC1. The van der Waals surface area contributed by atoms with Gasteiger partial charge in [-0.1, -0.05) is 6.92 Å². The molecule has 1 N–H and O–H groups in total. The summed E-state index contributed by atoms with van der Waals surface area (Å²) in [7, 11) is 0. The van der Waals surface area contributed by atoms with E-state index in [4.69, 9.17) is 4.74 Å². The number of carbonyl (C=O) groups is 1. The lowest BCUT2D eigenvalue weighted by Crippen LogP contribution is -2.48. The molecule has 1 saturated carbocycles. The van der Waals surface area contributed by atoms with Crippen LogP contribution in [0.2, 0.25) is 0 Å². The lowest BCUT2D eigenvalue weighted by atomic mass is 9.83. The first-order valence-corrected chi connectivity index (χ1v) is 11.0. The summed E-state index contributed by atoms with van der Waals surface area (Å²) in [5.74, 6) is 0.549. The van der Waals surface area contributed by atoms with Crippen molar-refractivity contribution in [3.8, 4) is 0 Å². The maximum Gasteiger partial charge on any atom is 0.417 e. The van der Waals surface area contributed by atoms with Crippen molar-refractivity contribution in [1.82, 2.24) is 15.2 Å². The molecule has 30 heavy (non-hydrogen) atoms. The molecule has 2 aliphatic heterocycles. The second-order valence-corrected chi connectivity index (χ2v) is 9.00. The highest BCUT2D eigenvalue weighted by atomic mass is 19.4. The molecule has 1 aromatic heterocycles. The number of hydrogen-bond acceptors (Lipinski definition) is 4. The molecule has 2 fully saturated rings. The van der Waals surface area contributed by atoms with E-state index < -0.39 is 11.7 Å². The minimum atomic E-state index is -4.42. The van der Waals surface area contributed by atoms with E-state index in [1.54, 1.807) is 4.90 Å². The third-order valence-electron chi connectivity index (χ3n) is 6.85. The lowest BCUT2D eigenvalue weighted by Gasteiger charge is -2.38. The van der Waals surface area contributed by atoms with Crippen molar-refractivity contribution < 1.29 is 22.7 Å². The molecule has 1 aromatic rings. The molecule has 4 rings (SSSR count). The Balaban J connectivity index is 1.32. The first-order valence-electron chi connectivity index (χ1n) is 11.0. The fourth-order valence-electron chi connectivity index (χ4n) is 4.97. The molecule has 0 aromatic carbocycles. The van der Waals surface area contributed by atoms with Gasteiger partial charge in [0.15, 0.2) is 0 Å².